The summed E-state index contributed by atoms with van der Waals surface area (Å²) in [5.41, 5.74) is 14.4. The monoisotopic (exact) mass is 789 g/mol. The molecule has 0 radical (unpaired) electrons. The minimum Gasteiger partial charge on any atom is -0.455 e. The zero-order valence-corrected chi connectivity index (χ0v) is 33.9. The van der Waals surface area contributed by atoms with E-state index in [1.807, 2.05) is 0 Å². The van der Waals surface area contributed by atoms with E-state index in [0.717, 1.165) is 61.1 Å². The molecule has 62 heavy (non-hydrogen) atoms. The van der Waals surface area contributed by atoms with Gasteiger partial charge in [-0.25, -0.2) is 0 Å². The van der Waals surface area contributed by atoms with Gasteiger partial charge in [-0.2, -0.15) is 0 Å². The Kier molecular flexibility index (Phi) is 8.53. The fourth-order valence-electron chi connectivity index (χ4n) is 9.26. The van der Waals surface area contributed by atoms with Crippen molar-refractivity contribution in [3.05, 3.63) is 237 Å². The van der Waals surface area contributed by atoms with Gasteiger partial charge in [0.1, 0.15) is 11.2 Å². The van der Waals surface area contributed by atoms with E-state index >= 15 is 0 Å². The molecule has 0 saturated carbocycles. The average molecular weight is 790 g/mol. The van der Waals surface area contributed by atoms with E-state index < -0.39 is 0 Å². The van der Waals surface area contributed by atoms with E-state index in [1.165, 1.54) is 54.7 Å². The second-order valence-corrected chi connectivity index (χ2v) is 16.1. The first-order chi connectivity index (χ1) is 30.7. The summed E-state index contributed by atoms with van der Waals surface area (Å²) in [5.74, 6) is 0. The van der Waals surface area contributed by atoms with Crippen molar-refractivity contribution in [1.82, 2.24) is 0 Å². The number of anilines is 3. The van der Waals surface area contributed by atoms with Crippen LogP contribution in [-0.2, 0) is 0 Å². The lowest BCUT2D eigenvalue weighted by Gasteiger charge is -2.28. The molecule has 1 heterocycles. The second-order valence-electron chi connectivity index (χ2n) is 16.1. The predicted molar refractivity (Wildman–Crippen MR) is 263 cm³/mol. The molecule has 290 valence electrons. The lowest BCUT2D eigenvalue weighted by Crippen LogP contribution is -2.11. The van der Waals surface area contributed by atoms with E-state index in [0.29, 0.717) is 0 Å². The number of para-hydroxylation sites is 1. The Bertz CT molecular complexity index is 3650. The number of furan rings is 1. The molecule has 2 nitrogen and oxygen atoms in total. The van der Waals surface area contributed by atoms with Gasteiger partial charge >= 0.3 is 0 Å². The van der Waals surface area contributed by atoms with Crippen LogP contribution in [0.4, 0.5) is 17.1 Å². The topological polar surface area (TPSA) is 16.4 Å². The van der Waals surface area contributed by atoms with E-state index in [4.69, 9.17) is 4.42 Å². The average Bonchev–Trinajstić information content (AvgIpc) is 3.73. The number of rotatable bonds is 7. The fraction of sp³-hybridized carbons (Fsp3) is 0. The molecule has 11 aromatic carbocycles. The fourth-order valence-corrected chi connectivity index (χ4v) is 9.26. The zero-order valence-electron chi connectivity index (χ0n) is 33.9. The molecule has 0 N–H and O–H groups in total. The van der Waals surface area contributed by atoms with Gasteiger partial charge in [-0.05, 0) is 133 Å². The molecule has 12 rings (SSSR count). The number of hydrogen-bond donors (Lipinski definition) is 0. The number of benzene rings is 11. The number of fused-ring (bicyclic) bond motifs is 7. The minimum absolute atomic E-state index is 0.887. The normalized spacial score (nSPS) is 11.5. The highest BCUT2D eigenvalue weighted by Gasteiger charge is 2.20. The van der Waals surface area contributed by atoms with Crippen LogP contribution in [0.25, 0.3) is 98.8 Å². The summed E-state index contributed by atoms with van der Waals surface area (Å²) in [6.45, 7) is 0. The minimum atomic E-state index is 0.887. The molecule has 0 bridgehead atoms. The van der Waals surface area contributed by atoms with Crippen LogP contribution in [0.2, 0.25) is 0 Å². The van der Waals surface area contributed by atoms with Crippen LogP contribution in [0, 0.1) is 0 Å². The molecule has 0 atom stereocenters. The van der Waals surface area contributed by atoms with E-state index in [2.05, 4.69) is 241 Å². The van der Waals surface area contributed by atoms with Gasteiger partial charge in [-0.3, -0.25) is 0 Å². The first-order valence-corrected chi connectivity index (χ1v) is 21.2. The Balaban J connectivity index is 0.981. The van der Waals surface area contributed by atoms with Gasteiger partial charge < -0.3 is 9.32 Å². The number of nitrogens with zero attached hydrogens (tertiary/aromatic N) is 1. The Morgan fingerprint density at radius 1 is 0.274 bits per heavy atom. The van der Waals surface area contributed by atoms with Crippen LogP contribution >= 0.6 is 0 Å². The van der Waals surface area contributed by atoms with Gasteiger partial charge in [0.05, 0.1) is 5.69 Å². The summed E-state index contributed by atoms with van der Waals surface area (Å²) in [7, 11) is 0. The smallest absolute Gasteiger partial charge is 0.143 e. The Morgan fingerprint density at radius 2 is 0.823 bits per heavy atom. The van der Waals surface area contributed by atoms with Gasteiger partial charge in [0.25, 0.3) is 0 Å². The van der Waals surface area contributed by atoms with E-state index in [1.54, 1.807) is 0 Å². The van der Waals surface area contributed by atoms with Gasteiger partial charge in [0.2, 0.25) is 0 Å². The first-order valence-electron chi connectivity index (χ1n) is 21.2. The Morgan fingerprint density at radius 3 is 1.56 bits per heavy atom. The maximum absolute atomic E-state index is 6.54. The summed E-state index contributed by atoms with van der Waals surface area (Å²) in [6, 6.07) is 85.6. The van der Waals surface area contributed by atoms with Crippen molar-refractivity contribution in [2.24, 2.45) is 0 Å². The maximum Gasteiger partial charge on any atom is 0.143 e. The molecule has 12 aromatic rings. The molecule has 1 aromatic heterocycles. The van der Waals surface area contributed by atoms with Crippen LogP contribution in [0.1, 0.15) is 0 Å². The molecule has 0 saturated heterocycles. The van der Waals surface area contributed by atoms with Crippen molar-refractivity contribution in [2.45, 2.75) is 0 Å². The van der Waals surface area contributed by atoms with Crippen molar-refractivity contribution in [1.29, 1.82) is 0 Å². The van der Waals surface area contributed by atoms with Crippen LogP contribution in [0.3, 0.4) is 0 Å². The second kappa shape index (κ2) is 14.8. The maximum atomic E-state index is 6.54. The molecule has 0 fully saturated rings. The molecule has 2 heteroatoms. The molecule has 0 unspecified atom stereocenters. The predicted octanol–water partition coefficient (Wildman–Crippen LogP) is 17.2. The lowest BCUT2D eigenvalue weighted by atomic mass is 9.96. The van der Waals surface area contributed by atoms with E-state index in [-0.39, 0.29) is 0 Å². The van der Waals surface area contributed by atoms with Crippen molar-refractivity contribution in [2.75, 3.05) is 4.90 Å². The molecule has 0 aliphatic carbocycles. The van der Waals surface area contributed by atoms with E-state index in [9.17, 15) is 0 Å². The third-order valence-electron chi connectivity index (χ3n) is 12.4. The first kappa shape index (κ1) is 35.7. The highest BCUT2D eigenvalue weighted by atomic mass is 16.3. The van der Waals surface area contributed by atoms with Crippen molar-refractivity contribution >= 4 is 71.3 Å². The summed E-state index contributed by atoms with van der Waals surface area (Å²) >= 11 is 0. The zero-order chi connectivity index (χ0) is 41.0. The third kappa shape index (κ3) is 6.29. The molecule has 0 amide bonds. The molecule has 0 spiro atoms. The highest BCUT2D eigenvalue weighted by molar-refractivity contribution is 6.15. The van der Waals surface area contributed by atoms with Crippen LogP contribution in [-0.4, -0.2) is 0 Å². The molecule has 0 aliphatic rings. The van der Waals surface area contributed by atoms with Gasteiger partial charge in [0.15, 0.2) is 0 Å². The molecular weight excluding hydrogens is 751 g/mol. The Hall–Kier alpha value is -8.20. The summed E-state index contributed by atoms with van der Waals surface area (Å²) in [5, 5.41) is 9.50. The summed E-state index contributed by atoms with van der Waals surface area (Å²) in [4.78, 5) is 2.40. The van der Waals surface area contributed by atoms with Gasteiger partial charge in [0, 0.05) is 33.1 Å². The molecular formula is C60H39NO. The van der Waals surface area contributed by atoms with Gasteiger partial charge in [-0.15, -0.1) is 0 Å². The Labute approximate surface area is 360 Å². The quantitative estimate of drug-likeness (QED) is 0.160. The van der Waals surface area contributed by atoms with Gasteiger partial charge in [-0.1, -0.05) is 170 Å². The van der Waals surface area contributed by atoms with Crippen LogP contribution in [0.5, 0.6) is 0 Å². The lowest BCUT2D eigenvalue weighted by molar-refractivity contribution is 0.672. The SMILES string of the molecule is c1cc(-c2ccc(N(c3cccc(-c4ccc5ccccc5c4)c3)c3ccccc3-c3ccc4oc5c6ccccc6ccc5c4c3)cc2)cc(-c2ccc3ccccc3c2)c1. The third-order valence-corrected chi connectivity index (χ3v) is 12.4. The van der Waals surface area contributed by atoms with Crippen molar-refractivity contribution in [3.8, 4) is 44.5 Å². The van der Waals surface area contributed by atoms with Crippen molar-refractivity contribution in [3.63, 3.8) is 0 Å². The standard InChI is InChI=1S/C60H39NO/c1-3-14-44-36-49(25-23-40(44)11-1)47-17-9-16-46(35-47)42-27-31-52(32-28-42)61(53-19-10-18-48(38-53)50-26-24-41-12-2-4-15-45(41)37-50)58-22-8-7-20-54(58)51-30-34-59-57(39-51)56-33-29-43-13-5-6-21-55(43)60(56)62-59/h1-39H. The summed E-state index contributed by atoms with van der Waals surface area (Å²) < 4.78 is 6.54. The molecule has 0 aliphatic heterocycles. The largest absolute Gasteiger partial charge is 0.455 e. The number of hydrogen-bond acceptors (Lipinski definition) is 2. The van der Waals surface area contributed by atoms with Crippen molar-refractivity contribution < 1.29 is 4.42 Å². The van der Waals surface area contributed by atoms with Crippen LogP contribution < -0.4 is 4.90 Å². The summed E-state index contributed by atoms with van der Waals surface area (Å²) in [6.07, 6.45) is 0. The highest BCUT2D eigenvalue weighted by Crippen LogP contribution is 2.44. The van der Waals surface area contributed by atoms with Crippen LogP contribution in [0.15, 0.2) is 241 Å².